The number of fused-ring (bicyclic) bond motifs is 2. The minimum absolute atomic E-state index is 0.0977. The summed E-state index contributed by atoms with van der Waals surface area (Å²) in [5, 5.41) is 20.1. The first-order valence-corrected chi connectivity index (χ1v) is 10.2. The van der Waals surface area contributed by atoms with Crippen LogP contribution in [0.25, 0.3) is 0 Å². The van der Waals surface area contributed by atoms with Crippen LogP contribution >= 0.6 is 0 Å². The minimum atomic E-state index is -0.247. The Morgan fingerprint density at radius 3 is 2.76 bits per heavy atom. The van der Waals surface area contributed by atoms with Crippen molar-refractivity contribution in [2.45, 2.75) is 58.5 Å². The van der Waals surface area contributed by atoms with Crippen LogP contribution < -0.4 is 5.73 Å². The molecule has 2 fully saturated rings. The third-order valence-electron chi connectivity index (χ3n) is 8.69. The molecule has 0 unspecified atom stereocenters. The van der Waals surface area contributed by atoms with Gasteiger partial charge in [0.25, 0.3) is 0 Å². The first kappa shape index (κ1) is 17.7. The molecule has 4 heteroatoms. The van der Waals surface area contributed by atoms with Gasteiger partial charge in [0.05, 0.1) is 12.6 Å². The third-order valence-corrected chi connectivity index (χ3v) is 8.69. The van der Waals surface area contributed by atoms with Crippen molar-refractivity contribution in [1.82, 2.24) is 0 Å². The van der Waals surface area contributed by atoms with Gasteiger partial charge in [-0.2, -0.15) is 0 Å². The fourth-order valence-corrected chi connectivity index (χ4v) is 7.06. The van der Waals surface area contributed by atoms with Crippen LogP contribution in [0, 0.1) is 34.5 Å². The molecule has 1 heterocycles. The highest BCUT2D eigenvalue weighted by Crippen LogP contribution is 2.63. The molecule has 0 aromatic heterocycles. The van der Waals surface area contributed by atoms with Crippen molar-refractivity contribution in [3.05, 3.63) is 11.1 Å². The molecule has 4 rings (SSSR count). The summed E-state index contributed by atoms with van der Waals surface area (Å²) in [4.78, 5) is 4.52. The Kier molecular flexibility index (Phi) is 4.37. The van der Waals surface area contributed by atoms with E-state index in [0.717, 1.165) is 38.8 Å². The van der Waals surface area contributed by atoms with Crippen LogP contribution in [-0.4, -0.2) is 42.2 Å². The largest absolute Gasteiger partial charge is 0.396 e. The summed E-state index contributed by atoms with van der Waals surface area (Å²) in [7, 11) is 0. The predicted octanol–water partition coefficient (Wildman–Crippen LogP) is 2.54. The van der Waals surface area contributed by atoms with Gasteiger partial charge in [0.15, 0.2) is 0 Å². The summed E-state index contributed by atoms with van der Waals surface area (Å²) >= 11 is 0. The van der Waals surface area contributed by atoms with Crippen molar-refractivity contribution in [2.75, 3.05) is 19.7 Å². The highest BCUT2D eigenvalue weighted by molar-refractivity contribution is 5.84. The van der Waals surface area contributed by atoms with Crippen molar-refractivity contribution in [3.8, 4) is 0 Å². The third kappa shape index (κ3) is 2.48. The van der Waals surface area contributed by atoms with Crippen molar-refractivity contribution in [1.29, 1.82) is 0 Å². The fraction of sp³-hybridized carbons (Fsp3) is 0.857. The first-order chi connectivity index (χ1) is 11.9. The number of allylic oxidation sites excluding steroid dienone is 1. The van der Waals surface area contributed by atoms with Crippen LogP contribution in [0.1, 0.15) is 52.4 Å². The maximum atomic E-state index is 10.1. The van der Waals surface area contributed by atoms with Gasteiger partial charge in [-0.3, -0.25) is 4.99 Å². The normalized spacial score (nSPS) is 49.4. The van der Waals surface area contributed by atoms with Gasteiger partial charge < -0.3 is 15.9 Å². The number of aliphatic imine (C=N–C) groups is 1. The summed E-state index contributed by atoms with van der Waals surface area (Å²) in [5.41, 5.74) is 9.80. The number of rotatable bonds is 3. The van der Waals surface area contributed by atoms with Crippen LogP contribution in [0.4, 0.5) is 0 Å². The molecule has 25 heavy (non-hydrogen) atoms. The van der Waals surface area contributed by atoms with Crippen molar-refractivity contribution < 1.29 is 10.2 Å². The lowest BCUT2D eigenvalue weighted by molar-refractivity contribution is -0.0929. The maximum absolute atomic E-state index is 10.1. The quantitative estimate of drug-likeness (QED) is 0.735. The minimum Gasteiger partial charge on any atom is -0.396 e. The molecule has 0 saturated heterocycles. The van der Waals surface area contributed by atoms with E-state index >= 15 is 0 Å². The van der Waals surface area contributed by atoms with Crippen LogP contribution in [0.2, 0.25) is 0 Å². The summed E-state index contributed by atoms with van der Waals surface area (Å²) in [6.07, 6.45) is 8.02. The Morgan fingerprint density at radius 1 is 1.24 bits per heavy atom. The molecule has 0 bridgehead atoms. The van der Waals surface area contributed by atoms with E-state index in [1.165, 1.54) is 18.4 Å². The number of nitrogens with two attached hydrogens (primary N) is 1. The fourth-order valence-electron chi connectivity index (χ4n) is 7.06. The molecule has 3 aliphatic carbocycles. The molecule has 0 aromatic carbocycles. The van der Waals surface area contributed by atoms with Gasteiger partial charge >= 0.3 is 0 Å². The van der Waals surface area contributed by atoms with Crippen LogP contribution in [0.3, 0.4) is 0 Å². The molecule has 0 aromatic rings. The predicted molar refractivity (Wildman–Crippen MR) is 100 cm³/mol. The Balaban J connectivity index is 1.63. The zero-order valence-electron chi connectivity index (χ0n) is 15.7. The van der Waals surface area contributed by atoms with Gasteiger partial charge in [0.2, 0.25) is 0 Å². The van der Waals surface area contributed by atoms with Crippen LogP contribution in [-0.2, 0) is 0 Å². The topological polar surface area (TPSA) is 78.8 Å². The van der Waals surface area contributed by atoms with E-state index in [-0.39, 0.29) is 29.5 Å². The molecule has 4 nitrogen and oxygen atoms in total. The molecule has 140 valence electrons. The maximum Gasteiger partial charge on any atom is 0.0611 e. The second-order valence-corrected chi connectivity index (χ2v) is 9.56. The second kappa shape index (κ2) is 6.17. The summed E-state index contributed by atoms with van der Waals surface area (Å²) in [6.45, 7) is 6.63. The highest BCUT2D eigenvalue weighted by atomic mass is 16.3. The first-order valence-electron chi connectivity index (χ1n) is 10.2. The second-order valence-electron chi connectivity index (χ2n) is 9.56. The van der Waals surface area contributed by atoms with Gasteiger partial charge in [-0.15, -0.1) is 0 Å². The lowest BCUT2D eigenvalue weighted by Gasteiger charge is -2.56. The van der Waals surface area contributed by atoms with E-state index < -0.39 is 0 Å². The Labute approximate surface area is 151 Å². The molecule has 0 spiro atoms. The number of nitrogens with zero attached hydrogens (tertiary/aromatic N) is 1. The average molecular weight is 347 g/mol. The number of aliphatic hydroxyl groups excluding tert-OH is 2. The highest BCUT2D eigenvalue weighted by Gasteiger charge is 2.57. The molecule has 4 aliphatic rings. The molecule has 7 atom stereocenters. The molecule has 2 saturated carbocycles. The molecular formula is C21H34N2O2. The Bertz CT molecular complexity index is 601. The smallest absolute Gasteiger partial charge is 0.0611 e. The van der Waals surface area contributed by atoms with Gasteiger partial charge in [-0.05, 0) is 90.7 Å². The number of hydrogen-bond acceptors (Lipinski definition) is 4. The standard InChI is InChI=1S/C21H34N2O2/c1-20(5-3-15(25)8-14(20)12-24)17-4-6-21(2)18(16(17)9-22)7-13-10-23-11-19(13)21/h10,14-18,24-25H,3-9,11-12,22H2,1-2H3/t14-,15+,16-,17+,18+,20+,21+/m1/s1. The Morgan fingerprint density at radius 2 is 2.04 bits per heavy atom. The van der Waals surface area contributed by atoms with Gasteiger partial charge in [0, 0.05) is 12.8 Å². The zero-order chi connectivity index (χ0) is 17.8. The SMILES string of the molecule is C[C@]1([C@H]2CC[C@]3(C)C4=C(C=NC4)C[C@H]3[C@@H]2CN)CC[C@H](O)C[C@@H]1CO. The summed E-state index contributed by atoms with van der Waals surface area (Å²) in [6, 6.07) is 0. The lowest BCUT2D eigenvalue weighted by Crippen LogP contribution is -2.53. The van der Waals surface area contributed by atoms with E-state index in [1.807, 2.05) is 0 Å². The van der Waals surface area contributed by atoms with Gasteiger partial charge in [-0.1, -0.05) is 13.8 Å². The zero-order valence-corrected chi connectivity index (χ0v) is 15.7. The Hall–Kier alpha value is -0.710. The van der Waals surface area contributed by atoms with Crippen LogP contribution in [0.15, 0.2) is 16.1 Å². The van der Waals surface area contributed by atoms with Crippen molar-refractivity contribution in [3.63, 3.8) is 0 Å². The van der Waals surface area contributed by atoms with Crippen molar-refractivity contribution in [2.24, 2.45) is 45.2 Å². The van der Waals surface area contributed by atoms with Gasteiger partial charge in [0.1, 0.15) is 0 Å². The van der Waals surface area contributed by atoms with E-state index in [2.05, 4.69) is 25.1 Å². The van der Waals surface area contributed by atoms with E-state index in [1.54, 1.807) is 5.57 Å². The van der Waals surface area contributed by atoms with Gasteiger partial charge in [-0.25, -0.2) is 0 Å². The average Bonchev–Trinajstić information content (AvgIpc) is 3.17. The molecule has 4 N–H and O–H groups in total. The summed E-state index contributed by atoms with van der Waals surface area (Å²) in [5.74, 6) is 1.88. The lowest BCUT2D eigenvalue weighted by atomic mass is 9.49. The number of hydrogen-bond donors (Lipinski definition) is 3. The van der Waals surface area contributed by atoms with E-state index in [0.29, 0.717) is 17.8 Å². The molecular weight excluding hydrogens is 312 g/mol. The molecule has 1 aliphatic heterocycles. The summed E-state index contributed by atoms with van der Waals surface area (Å²) < 4.78 is 0. The van der Waals surface area contributed by atoms with E-state index in [4.69, 9.17) is 5.73 Å². The number of aliphatic hydroxyl groups is 2. The van der Waals surface area contributed by atoms with Crippen LogP contribution in [0.5, 0.6) is 0 Å². The monoisotopic (exact) mass is 346 g/mol. The molecule has 0 amide bonds. The van der Waals surface area contributed by atoms with Crippen molar-refractivity contribution >= 4 is 6.21 Å². The van der Waals surface area contributed by atoms with E-state index in [9.17, 15) is 10.2 Å². The molecule has 0 radical (unpaired) electrons.